The molecule has 0 bridgehead atoms. The Kier molecular flexibility index (Phi) is 5.59. The van der Waals surface area contributed by atoms with E-state index in [2.05, 4.69) is 10.3 Å². The number of amides is 1. The van der Waals surface area contributed by atoms with E-state index in [-0.39, 0.29) is 12.5 Å². The summed E-state index contributed by atoms with van der Waals surface area (Å²) in [6, 6.07) is 17.3. The number of nitrogens with one attached hydrogen (secondary N) is 1. The molecule has 0 radical (unpaired) electrons. The van der Waals surface area contributed by atoms with Gasteiger partial charge in [-0.1, -0.05) is 30.3 Å². The van der Waals surface area contributed by atoms with Gasteiger partial charge in [0.05, 0.1) is 12.1 Å². The summed E-state index contributed by atoms with van der Waals surface area (Å²) in [6.45, 7) is 0.993. The number of pyridine rings is 1. The van der Waals surface area contributed by atoms with Crippen molar-refractivity contribution in [1.82, 2.24) is 10.3 Å². The summed E-state index contributed by atoms with van der Waals surface area (Å²) in [4.78, 5) is 16.2. The monoisotopic (exact) mass is 336 g/mol. The zero-order valence-electron chi connectivity index (χ0n) is 14.1. The van der Waals surface area contributed by atoms with Crippen molar-refractivity contribution in [3.63, 3.8) is 0 Å². The summed E-state index contributed by atoms with van der Waals surface area (Å²) < 4.78 is 10.7. The van der Waals surface area contributed by atoms with Gasteiger partial charge in [-0.05, 0) is 35.4 Å². The molecular weight excluding hydrogens is 316 g/mol. The Morgan fingerprint density at radius 2 is 1.96 bits per heavy atom. The quantitative estimate of drug-likeness (QED) is 0.720. The molecule has 0 aliphatic heterocycles. The Bertz CT molecular complexity index is 864. The zero-order chi connectivity index (χ0) is 17.5. The minimum Gasteiger partial charge on any atom is -0.484 e. The van der Waals surface area contributed by atoms with Gasteiger partial charge < -0.3 is 14.8 Å². The topological polar surface area (TPSA) is 60.5 Å². The van der Waals surface area contributed by atoms with Crippen LogP contribution in [0.2, 0.25) is 0 Å². The molecule has 0 saturated carbocycles. The Morgan fingerprint density at radius 1 is 1.08 bits per heavy atom. The summed E-state index contributed by atoms with van der Waals surface area (Å²) in [6.07, 6.45) is 1.75. The molecule has 0 fully saturated rings. The molecule has 0 saturated heterocycles. The van der Waals surface area contributed by atoms with Crippen LogP contribution in [-0.4, -0.2) is 24.6 Å². The molecule has 5 heteroatoms. The van der Waals surface area contributed by atoms with Gasteiger partial charge in [0.1, 0.15) is 5.75 Å². The van der Waals surface area contributed by atoms with Gasteiger partial charge >= 0.3 is 0 Å². The number of ether oxygens (including phenoxy) is 2. The highest BCUT2D eigenvalue weighted by molar-refractivity contribution is 5.80. The van der Waals surface area contributed by atoms with Crippen molar-refractivity contribution in [2.75, 3.05) is 13.7 Å². The first kappa shape index (κ1) is 16.9. The number of nitrogens with zero attached hydrogens (tertiary/aromatic N) is 1. The average molecular weight is 336 g/mol. The second kappa shape index (κ2) is 8.26. The van der Waals surface area contributed by atoms with Gasteiger partial charge in [0.2, 0.25) is 0 Å². The molecule has 2 aromatic carbocycles. The molecule has 0 spiro atoms. The minimum absolute atomic E-state index is 0.0243. The van der Waals surface area contributed by atoms with E-state index in [9.17, 15) is 4.79 Å². The summed E-state index contributed by atoms with van der Waals surface area (Å²) in [5.41, 5.74) is 3.00. The minimum atomic E-state index is -0.163. The normalized spacial score (nSPS) is 10.6. The van der Waals surface area contributed by atoms with Crippen LogP contribution in [-0.2, 0) is 22.7 Å². The van der Waals surface area contributed by atoms with E-state index >= 15 is 0 Å². The molecule has 0 aliphatic rings. The second-order valence-corrected chi connectivity index (χ2v) is 5.68. The van der Waals surface area contributed by atoms with Gasteiger partial charge in [0.25, 0.3) is 5.91 Å². The summed E-state index contributed by atoms with van der Waals surface area (Å²) in [5, 5.41) is 3.84. The number of aromatic nitrogens is 1. The van der Waals surface area contributed by atoms with Crippen molar-refractivity contribution in [3.8, 4) is 5.75 Å². The van der Waals surface area contributed by atoms with Crippen molar-refractivity contribution in [1.29, 1.82) is 0 Å². The van der Waals surface area contributed by atoms with Crippen LogP contribution < -0.4 is 10.1 Å². The maximum Gasteiger partial charge on any atom is 0.258 e. The number of hydrogen-bond donors (Lipinski definition) is 1. The van der Waals surface area contributed by atoms with Gasteiger partial charge in [-0.15, -0.1) is 0 Å². The molecule has 1 N–H and O–H groups in total. The lowest BCUT2D eigenvalue weighted by atomic mass is 10.1. The van der Waals surface area contributed by atoms with Crippen molar-refractivity contribution in [3.05, 3.63) is 71.9 Å². The number of rotatable bonds is 7. The predicted octanol–water partition coefficient (Wildman–Crippen LogP) is 3.08. The smallest absolute Gasteiger partial charge is 0.258 e. The van der Waals surface area contributed by atoms with E-state index in [0.717, 1.165) is 22.0 Å². The van der Waals surface area contributed by atoms with Crippen LogP contribution in [0.1, 0.15) is 11.1 Å². The Labute approximate surface area is 146 Å². The Morgan fingerprint density at radius 3 is 2.84 bits per heavy atom. The molecule has 5 nitrogen and oxygen atoms in total. The summed E-state index contributed by atoms with van der Waals surface area (Å²) >= 11 is 0. The third-order valence-electron chi connectivity index (χ3n) is 3.74. The van der Waals surface area contributed by atoms with Crippen molar-refractivity contribution in [2.45, 2.75) is 13.2 Å². The fraction of sp³-hybridized carbons (Fsp3) is 0.200. The molecule has 1 heterocycles. The SMILES string of the molecule is COCc1cccc(CNC(=O)COc2ccc3ncccc3c2)c1. The number of fused-ring (bicyclic) bond motifs is 1. The highest BCUT2D eigenvalue weighted by Gasteiger charge is 2.04. The molecule has 25 heavy (non-hydrogen) atoms. The van der Waals surface area contributed by atoms with Crippen LogP contribution in [0, 0.1) is 0 Å². The lowest BCUT2D eigenvalue weighted by molar-refractivity contribution is -0.123. The van der Waals surface area contributed by atoms with Crippen LogP contribution in [0.4, 0.5) is 0 Å². The molecule has 0 unspecified atom stereocenters. The first-order valence-electron chi connectivity index (χ1n) is 8.05. The average Bonchev–Trinajstić information content (AvgIpc) is 2.65. The molecule has 1 aromatic heterocycles. The van der Waals surface area contributed by atoms with Gasteiger partial charge in [0.15, 0.2) is 6.61 Å². The predicted molar refractivity (Wildman–Crippen MR) is 96.2 cm³/mol. The van der Waals surface area contributed by atoms with Crippen LogP contribution in [0.15, 0.2) is 60.8 Å². The number of benzene rings is 2. The van der Waals surface area contributed by atoms with Crippen LogP contribution in [0.25, 0.3) is 10.9 Å². The second-order valence-electron chi connectivity index (χ2n) is 5.68. The molecule has 3 aromatic rings. The standard InChI is InChI=1S/C20H20N2O3/c1-24-13-16-5-2-4-15(10-16)12-22-20(23)14-25-18-7-8-19-17(11-18)6-3-9-21-19/h2-11H,12-14H2,1H3,(H,22,23). The van der Waals surface area contributed by atoms with Gasteiger partial charge in [-0.25, -0.2) is 0 Å². The fourth-order valence-corrected chi connectivity index (χ4v) is 2.54. The molecule has 1 amide bonds. The molecule has 0 aliphatic carbocycles. The van der Waals surface area contributed by atoms with Crippen LogP contribution in [0.5, 0.6) is 5.75 Å². The molecular formula is C20H20N2O3. The number of methoxy groups -OCH3 is 1. The molecule has 3 rings (SSSR count). The van der Waals surface area contributed by atoms with Gasteiger partial charge in [0, 0.05) is 25.2 Å². The van der Waals surface area contributed by atoms with E-state index in [1.807, 2.05) is 54.6 Å². The third kappa shape index (κ3) is 4.78. The van der Waals surface area contributed by atoms with Crippen molar-refractivity contribution in [2.24, 2.45) is 0 Å². The Balaban J connectivity index is 1.51. The first-order chi connectivity index (χ1) is 12.2. The fourth-order valence-electron chi connectivity index (χ4n) is 2.54. The number of hydrogen-bond acceptors (Lipinski definition) is 4. The number of carbonyl (C=O) groups is 1. The first-order valence-corrected chi connectivity index (χ1v) is 8.05. The highest BCUT2D eigenvalue weighted by Crippen LogP contribution is 2.18. The van der Waals surface area contributed by atoms with E-state index in [1.54, 1.807) is 13.3 Å². The van der Waals surface area contributed by atoms with Gasteiger partial charge in [-0.3, -0.25) is 9.78 Å². The largest absolute Gasteiger partial charge is 0.484 e. The van der Waals surface area contributed by atoms with Crippen molar-refractivity contribution < 1.29 is 14.3 Å². The maximum absolute atomic E-state index is 12.0. The van der Waals surface area contributed by atoms with E-state index in [4.69, 9.17) is 9.47 Å². The van der Waals surface area contributed by atoms with E-state index < -0.39 is 0 Å². The zero-order valence-corrected chi connectivity index (χ0v) is 14.1. The lowest BCUT2D eigenvalue weighted by Crippen LogP contribution is -2.28. The van der Waals surface area contributed by atoms with E-state index in [1.165, 1.54) is 0 Å². The summed E-state index contributed by atoms with van der Waals surface area (Å²) in [7, 11) is 1.66. The van der Waals surface area contributed by atoms with Crippen LogP contribution >= 0.6 is 0 Å². The maximum atomic E-state index is 12.0. The van der Waals surface area contributed by atoms with Crippen molar-refractivity contribution >= 4 is 16.8 Å². The lowest BCUT2D eigenvalue weighted by Gasteiger charge is -2.09. The Hall–Kier alpha value is -2.92. The third-order valence-corrected chi connectivity index (χ3v) is 3.74. The highest BCUT2D eigenvalue weighted by atomic mass is 16.5. The molecule has 0 atom stereocenters. The summed E-state index contributed by atoms with van der Waals surface area (Å²) in [5.74, 6) is 0.487. The molecule has 128 valence electrons. The van der Waals surface area contributed by atoms with Crippen LogP contribution in [0.3, 0.4) is 0 Å². The van der Waals surface area contributed by atoms with E-state index in [0.29, 0.717) is 18.9 Å². The van der Waals surface area contributed by atoms with Gasteiger partial charge in [-0.2, -0.15) is 0 Å². The number of carbonyl (C=O) groups excluding carboxylic acids is 1.